The Kier molecular flexibility index (Phi) is 8.83. The Morgan fingerprint density at radius 3 is 0.962 bits per heavy atom. The van der Waals surface area contributed by atoms with Gasteiger partial charge in [0.25, 0.3) is 0 Å². The van der Waals surface area contributed by atoms with Crippen molar-refractivity contribution in [2.24, 2.45) is 0 Å². The third-order valence-corrected chi connectivity index (χ3v) is 8.26. The first-order valence-corrected chi connectivity index (χ1v) is 15.9. The highest BCUT2D eigenvalue weighted by atomic mass is 19.4. The Labute approximate surface area is 294 Å². The standard InChI is InChI=1S/C40H26F6N6/c1-23-7-11-47-31(15-23)35-17-27(18-36(51-35)32-16-24(2)8-12-48-32)25-3-5-26(6-4-25)28-19-37(33-21-29(9-13-49-33)39(41,42)43)52-38(20-28)34-22-30(10-14-50-34)40(44,45)46/h3-22H,1-2H3. The van der Waals surface area contributed by atoms with E-state index in [-0.39, 0.29) is 22.8 Å². The minimum absolute atomic E-state index is 0.0293. The van der Waals surface area contributed by atoms with Crippen molar-refractivity contribution in [2.75, 3.05) is 0 Å². The Morgan fingerprint density at radius 2 is 0.654 bits per heavy atom. The highest BCUT2D eigenvalue weighted by Crippen LogP contribution is 2.36. The summed E-state index contributed by atoms with van der Waals surface area (Å²) in [5.41, 5.74) is 5.45. The second-order valence-corrected chi connectivity index (χ2v) is 12.1. The molecule has 6 nitrogen and oxygen atoms in total. The molecule has 12 heteroatoms. The molecule has 0 atom stereocenters. The Balaban J connectivity index is 1.34. The van der Waals surface area contributed by atoms with Crippen molar-refractivity contribution < 1.29 is 26.3 Å². The fourth-order valence-corrected chi connectivity index (χ4v) is 5.62. The predicted molar refractivity (Wildman–Crippen MR) is 185 cm³/mol. The number of aryl methyl sites for hydroxylation is 2. The molecule has 0 aliphatic rings. The average molecular weight is 705 g/mol. The maximum absolute atomic E-state index is 13.6. The van der Waals surface area contributed by atoms with Crippen molar-refractivity contribution >= 4 is 0 Å². The third-order valence-electron chi connectivity index (χ3n) is 8.26. The van der Waals surface area contributed by atoms with Crippen molar-refractivity contribution in [3.8, 4) is 67.8 Å². The van der Waals surface area contributed by atoms with Gasteiger partial charge in [-0.2, -0.15) is 26.3 Å². The molecule has 0 saturated carbocycles. The zero-order valence-electron chi connectivity index (χ0n) is 27.5. The van der Waals surface area contributed by atoms with Gasteiger partial charge in [0.15, 0.2) is 0 Å². The summed E-state index contributed by atoms with van der Waals surface area (Å²) in [6.45, 7) is 3.94. The van der Waals surface area contributed by atoms with E-state index in [1.165, 1.54) is 0 Å². The Bertz CT molecular complexity index is 2280. The summed E-state index contributed by atoms with van der Waals surface area (Å²) in [6.07, 6.45) is -3.82. The highest BCUT2D eigenvalue weighted by Gasteiger charge is 2.32. The number of benzene rings is 1. The van der Waals surface area contributed by atoms with Crippen molar-refractivity contribution in [3.63, 3.8) is 0 Å². The van der Waals surface area contributed by atoms with E-state index in [9.17, 15) is 26.3 Å². The van der Waals surface area contributed by atoms with Crippen LogP contribution in [0.2, 0.25) is 0 Å². The summed E-state index contributed by atoms with van der Waals surface area (Å²) in [7, 11) is 0. The molecule has 0 spiro atoms. The molecule has 258 valence electrons. The monoisotopic (exact) mass is 704 g/mol. The molecule has 6 aromatic heterocycles. The molecule has 0 unspecified atom stereocenters. The molecule has 0 saturated heterocycles. The predicted octanol–water partition coefficient (Wildman–Crippen LogP) is 10.7. The lowest BCUT2D eigenvalue weighted by atomic mass is 9.97. The van der Waals surface area contributed by atoms with Crippen LogP contribution in [0, 0.1) is 13.8 Å². The topological polar surface area (TPSA) is 77.3 Å². The third kappa shape index (κ3) is 7.41. The second-order valence-electron chi connectivity index (χ2n) is 12.1. The van der Waals surface area contributed by atoms with E-state index in [1.54, 1.807) is 24.5 Å². The molecule has 7 rings (SSSR count). The van der Waals surface area contributed by atoms with Gasteiger partial charge in [0.2, 0.25) is 0 Å². The average Bonchev–Trinajstić information content (AvgIpc) is 3.14. The number of alkyl halides is 6. The maximum atomic E-state index is 13.6. The molecule has 7 aromatic rings. The molecule has 1 aromatic carbocycles. The highest BCUT2D eigenvalue weighted by molar-refractivity contribution is 5.79. The summed E-state index contributed by atoms with van der Waals surface area (Å²) in [6, 6.07) is 25.4. The molecule has 0 bridgehead atoms. The van der Waals surface area contributed by atoms with Gasteiger partial charge in [0, 0.05) is 24.8 Å². The van der Waals surface area contributed by atoms with E-state index in [0.29, 0.717) is 33.9 Å². The van der Waals surface area contributed by atoms with Crippen LogP contribution < -0.4 is 0 Å². The number of pyridine rings is 6. The minimum atomic E-state index is -4.64. The first kappa shape index (κ1) is 34.2. The van der Waals surface area contributed by atoms with Crippen LogP contribution in [0.15, 0.2) is 122 Å². The van der Waals surface area contributed by atoms with Crippen LogP contribution in [0.5, 0.6) is 0 Å². The van der Waals surface area contributed by atoms with Crippen LogP contribution in [0.3, 0.4) is 0 Å². The molecule has 0 aliphatic carbocycles. The molecule has 0 fully saturated rings. The molecular formula is C40H26F6N6. The second kappa shape index (κ2) is 13.4. The molecule has 0 N–H and O–H groups in total. The van der Waals surface area contributed by atoms with E-state index in [4.69, 9.17) is 4.98 Å². The van der Waals surface area contributed by atoms with Gasteiger partial charge in [-0.25, -0.2) is 9.97 Å². The molecule has 0 radical (unpaired) electrons. The number of nitrogens with zero attached hydrogens (tertiary/aromatic N) is 6. The number of rotatable bonds is 6. The molecule has 52 heavy (non-hydrogen) atoms. The fraction of sp³-hybridized carbons (Fsp3) is 0.100. The van der Waals surface area contributed by atoms with E-state index < -0.39 is 23.5 Å². The molecule has 0 amide bonds. The van der Waals surface area contributed by atoms with Crippen LogP contribution >= 0.6 is 0 Å². The Morgan fingerprint density at radius 1 is 0.346 bits per heavy atom. The zero-order valence-corrected chi connectivity index (χ0v) is 27.5. The van der Waals surface area contributed by atoms with Crippen LogP contribution in [-0.4, -0.2) is 29.9 Å². The van der Waals surface area contributed by atoms with Gasteiger partial charge in [-0.3, -0.25) is 19.9 Å². The number of aromatic nitrogens is 6. The molecule has 0 aliphatic heterocycles. The van der Waals surface area contributed by atoms with Crippen molar-refractivity contribution in [2.45, 2.75) is 26.2 Å². The number of hydrogen-bond acceptors (Lipinski definition) is 6. The van der Waals surface area contributed by atoms with Gasteiger partial charge >= 0.3 is 12.4 Å². The summed E-state index contributed by atoms with van der Waals surface area (Å²) >= 11 is 0. The van der Waals surface area contributed by atoms with Gasteiger partial charge in [0.1, 0.15) is 0 Å². The van der Waals surface area contributed by atoms with E-state index in [0.717, 1.165) is 58.9 Å². The summed E-state index contributed by atoms with van der Waals surface area (Å²) < 4.78 is 81.7. The van der Waals surface area contributed by atoms with Crippen molar-refractivity contribution in [1.82, 2.24) is 29.9 Å². The number of hydrogen-bond donors (Lipinski definition) is 0. The van der Waals surface area contributed by atoms with E-state index in [1.807, 2.05) is 74.5 Å². The number of halogens is 6. The van der Waals surface area contributed by atoms with Gasteiger partial charge in [-0.05, 0) is 120 Å². The van der Waals surface area contributed by atoms with E-state index in [2.05, 4.69) is 24.9 Å². The van der Waals surface area contributed by atoms with Gasteiger partial charge < -0.3 is 0 Å². The van der Waals surface area contributed by atoms with Crippen molar-refractivity contribution in [3.05, 3.63) is 144 Å². The van der Waals surface area contributed by atoms with E-state index >= 15 is 0 Å². The van der Waals surface area contributed by atoms with Gasteiger partial charge in [0.05, 0.1) is 56.7 Å². The quantitative estimate of drug-likeness (QED) is 0.160. The maximum Gasteiger partial charge on any atom is 0.416 e. The van der Waals surface area contributed by atoms with Crippen LogP contribution in [0.1, 0.15) is 22.3 Å². The first-order valence-electron chi connectivity index (χ1n) is 15.9. The lowest BCUT2D eigenvalue weighted by Crippen LogP contribution is -2.06. The molecule has 6 heterocycles. The van der Waals surface area contributed by atoms with Crippen LogP contribution in [0.4, 0.5) is 26.3 Å². The smallest absolute Gasteiger partial charge is 0.255 e. The zero-order chi connectivity index (χ0) is 36.6. The summed E-state index contributed by atoms with van der Waals surface area (Å²) in [5.74, 6) is 0. The van der Waals surface area contributed by atoms with Crippen LogP contribution in [-0.2, 0) is 12.4 Å². The van der Waals surface area contributed by atoms with Crippen LogP contribution in [0.25, 0.3) is 67.8 Å². The first-order chi connectivity index (χ1) is 24.8. The summed E-state index contributed by atoms with van der Waals surface area (Å²) in [5, 5.41) is 0. The summed E-state index contributed by atoms with van der Waals surface area (Å²) in [4.78, 5) is 26.6. The molecular weight excluding hydrogens is 678 g/mol. The lowest BCUT2D eigenvalue weighted by Gasteiger charge is -2.13. The van der Waals surface area contributed by atoms with Crippen molar-refractivity contribution in [1.29, 1.82) is 0 Å². The minimum Gasteiger partial charge on any atom is -0.255 e. The normalized spacial score (nSPS) is 11.8. The fourth-order valence-electron chi connectivity index (χ4n) is 5.62. The largest absolute Gasteiger partial charge is 0.416 e. The van der Waals surface area contributed by atoms with Gasteiger partial charge in [-0.1, -0.05) is 24.3 Å². The Hall–Kier alpha value is -6.30. The van der Waals surface area contributed by atoms with Gasteiger partial charge in [-0.15, -0.1) is 0 Å². The lowest BCUT2D eigenvalue weighted by molar-refractivity contribution is -0.138. The SMILES string of the molecule is Cc1ccnc(-c2cc(-c3ccc(-c4cc(-c5cc(C(F)(F)F)ccn5)nc(-c5cc(C(F)(F)F)ccn5)c4)cc3)cc(-c3cc(C)ccn3)n2)c1.